The minimum Gasteiger partial charge on any atom is -0.480 e. The fraction of sp³-hybridized carbons (Fsp3) is 0.846. The van der Waals surface area contributed by atoms with Gasteiger partial charge in [0.15, 0.2) is 9.84 Å². The fourth-order valence-electron chi connectivity index (χ4n) is 3.22. The lowest BCUT2D eigenvalue weighted by Crippen LogP contribution is -2.57. The molecule has 21 heavy (non-hydrogen) atoms. The molecule has 2 rings (SSSR count). The van der Waals surface area contributed by atoms with Crippen molar-refractivity contribution < 1.29 is 23.1 Å². The molecular formula is C13H22N2O5S. The first-order chi connectivity index (χ1) is 9.73. The molecular weight excluding hydrogens is 296 g/mol. The number of aliphatic carboxylic acids is 1. The topological polar surface area (TPSA) is 95.0 Å². The molecule has 0 radical (unpaired) electrons. The maximum Gasteiger partial charge on any atom is 0.326 e. The molecule has 2 saturated heterocycles. The number of carbonyl (C=O) groups is 2. The first kappa shape index (κ1) is 16.1. The average molecular weight is 318 g/mol. The van der Waals surface area contributed by atoms with E-state index < -0.39 is 21.8 Å². The van der Waals surface area contributed by atoms with Crippen molar-refractivity contribution in [3.63, 3.8) is 0 Å². The molecule has 0 saturated carbocycles. The van der Waals surface area contributed by atoms with E-state index in [4.69, 9.17) is 0 Å². The zero-order chi connectivity index (χ0) is 15.8. The SMILES string of the molecule is CC1CCCN(C(=O)N(C)C2CCS(=O)(=O)C2)C1C(=O)O. The number of piperidine rings is 1. The highest BCUT2D eigenvalue weighted by molar-refractivity contribution is 7.91. The van der Waals surface area contributed by atoms with Crippen LogP contribution in [-0.4, -0.2) is 72.5 Å². The van der Waals surface area contributed by atoms with Crippen molar-refractivity contribution in [1.82, 2.24) is 9.80 Å². The molecule has 8 heteroatoms. The Hall–Kier alpha value is -1.31. The zero-order valence-electron chi connectivity index (χ0n) is 12.4. The average Bonchev–Trinajstić information content (AvgIpc) is 2.76. The second-order valence-corrected chi connectivity index (χ2v) is 8.28. The molecule has 0 aliphatic carbocycles. The summed E-state index contributed by atoms with van der Waals surface area (Å²) in [7, 11) is -1.51. The molecule has 3 atom stereocenters. The van der Waals surface area contributed by atoms with E-state index in [1.165, 1.54) is 9.80 Å². The van der Waals surface area contributed by atoms with Crippen molar-refractivity contribution in [2.24, 2.45) is 5.92 Å². The van der Waals surface area contributed by atoms with Crippen molar-refractivity contribution in [1.29, 1.82) is 0 Å². The van der Waals surface area contributed by atoms with Crippen LogP contribution in [0.4, 0.5) is 4.79 Å². The van der Waals surface area contributed by atoms with Gasteiger partial charge in [-0.15, -0.1) is 0 Å². The van der Waals surface area contributed by atoms with E-state index in [2.05, 4.69) is 0 Å². The minimum atomic E-state index is -3.07. The molecule has 2 amide bonds. The van der Waals surface area contributed by atoms with Crippen LogP contribution in [0.25, 0.3) is 0 Å². The number of hydrogen-bond acceptors (Lipinski definition) is 4. The summed E-state index contributed by atoms with van der Waals surface area (Å²) in [5.41, 5.74) is 0. The maximum absolute atomic E-state index is 12.6. The summed E-state index contributed by atoms with van der Waals surface area (Å²) in [4.78, 5) is 26.7. The van der Waals surface area contributed by atoms with Gasteiger partial charge in [-0.2, -0.15) is 0 Å². The molecule has 1 N–H and O–H groups in total. The molecule has 0 aromatic carbocycles. The number of carboxylic acid groups (broad SMARTS) is 1. The Bertz CT molecular complexity index is 533. The normalized spacial score (nSPS) is 31.9. The van der Waals surface area contributed by atoms with E-state index in [9.17, 15) is 23.1 Å². The number of amides is 2. The van der Waals surface area contributed by atoms with Crippen molar-refractivity contribution in [2.45, 2.75) is 38.3 Å². The van der Waals surface area contributed by atoms with Gasteiger partial charge >= 0.3 is 12.0 Å². The van der Waals surface area contributed by atoms with Gasteiger partial charge in [0.2, 0.25) is 0 Å². The van der Waals surface area contributed by atoms with Gasteiger partial charge in [0.05, 0.1) is 11.5 Å². The smallest absolute Gasteiger partial charge is 0.326 e. The molecule has 2 aliphatic rings. The highest BCUT2D eigenvalue weighted by Crippen LogP contribution is 2.26. The van der Waals surface area contributed by atoms with E-state index >= 15 is 0 Å². The summed E-state index contributed by atoms with van der Waals surface area (Å²) >= 11 is 0. The minimum absolute atomic E-state index is 0.0314. The van der Waals surface area contributed by atoms with Gasteiger partial charge in [0, 0.05) is 19.6 Å². The quantitative estimate of drug-likeness (QED) is 0.796. The molecule has 7 nitrogen and oxygen atoms in total. The lowest BCUT2D eigenvalue weighted by molar-refractivity contribution is -0.145. The summed E-state index contributed by atoms with van der Waals surface area (Å²) in [5.74, 6) is -1.03. The van der Waals surface area contributed by atoms with Gasteiger partial charge in [-0.25, -0.2) is 18.0 Å². The molecule has 120 valence electrons. The Morgan fingerprint density at radius 1 is 1.29 bits per heavy atom. The van der Waals surface area contributed by atoms with Crippen LogP contribution in [0.15, 0.2) is 0 Å². The van der Waals surface area contributed by atoms with Gasteiger partial charge in [-0.3, -0.25) is 0 Å². The number of likely N-dealkylation sites (tertiary alicyclic amines) is 1. The molecule has 0 aromatic heterocycles. The van der Waals surface area contributed by atoms with Gasteiger partial charge in [0.25, 0.3) is 0 Å². The van der Waals surface area contributed by atoms with E-state index in [1.807, 2.05) is 6.92 Å². The van der Waals surface area contributed by atoms with Crippen LogP contribution in [-0.2, 0) is 14.6 Å². The number of rotatable bonds is 2. The Balaban J connectivity index is 2.12. The summed E-state index contributed by atoms with van der Waals surface area (Å²) < 4.78 is 23.0. The Labute approximate surface area is 124 Å². The number of sulfone groups is 1. The van der Waals surface area contributed by atoms with E-state index in [1.54, 1.807) is 7.05 Å². The predicted octanol–water partition coefficient (Wildman–Crippen LogP) is 0.410. The van der Waals surface area contributed by atoms with Crippen molar-refractivity contribution in [3.8, 4) is 0 Å². The molecule has 0 spiro atoms. The van der Waals surface area contributed by atoms with Crippen LogP contribution in [0, 0.1) is 5.92 Å². The van der Waals surface area contributed by atoms with Crippen molar-refractivity contribution in [3.05, 3.63) is 0 Å². The van der Waals surface area contributed by atoms with Crippen LogP contribution in [0.3, 0.4) is 0 Å². The third-order valence-corrected chi connectivity index (χ3v) is 6.24. The largest absolute Gasteiger partial charge is 0.480 e. The first-order valence-electron chi connectivity index (χ1n) is 7.19. The van der Waals surface area contributed by atoms with Crippen LogP contribution in [0.5, 0.6) is 0 Å². The van der Waals surface area contributed by atoms with E-state index in [0.29, 0.717) is 13.0 Å². The first-order valence-corrected chi connectivity index (χ1v) is 9.02. The van der Waals surface area contributed by atoms with Crippen molar-refractivity contribution >= 4 is 21.8 Å². The summed E-state index contributed by atoms with van der Waals surface area (Å²) in [5, 5.41) is 9.35. The Morgan fingerprint density at radius 3 is 2.48 bits per heavy atom. The van der Waals surface area contributed by atoms with Crippen LogP contribution in [0.2, 0.25) is 0 Å². The highest BCUT2D eigenvalue weighted by Gasteiger charge is 2.41. The van der Waals surface area contributed by atoms with Crippen LogP contribution in [0.1, 0.15) is 26.2 Å². The third-order valence-electron chi connectivity index (χ3n) is 4.49. The lowest BCUT2D eigenvalue weighted by atomic mass is 9.91. The van der Waals surface area contributed by atoms with E-state index in [-0.39, 0.29) is 29.5 Å². The molecule has 2 heterocycles. The molecule has 2 fully saturated rings. The molecule has 3 unspecified atom stereocenters. The number of carboxylic acids is 1. The van der Waals surface area contributed by atoms with Gasteiger partial charge in [-0.1, -0.05) is 6.92 Å². The monoisotopic (exact) mass is 318 g/mol. The Kier molecular flexibility index (Phi) is 4.46. The lowest BCUT2D eigenvalue weighted by Gasteiger charge is -2.40. The van der Waals surface area contributed by atoms with Crippen molar-refractivity contribution in [2.75, 3.05) is 25.1 Å². The molecule has 0 bridgehead atoms. The fourth-order valence-corrected chi connectivity index (χ4v) is 4.99. The molecule has 0 aromatic rings. The Morgan fingerprint density at radius 2 is 1.95 bits per heavy atom. The second kappa shape index (κ2) is 5.82. The van der Waals surface area contributed by atoms with Gasteiger partial charge in [0.1, 0.15) is 6.04 Å². The standard InChI is InChI=1S/C13H22N2O5S/c1-9-4-3-6-15(11(9)12(16)17)13(18)14(2)10-5-7-21(19,20)8-10/h9-11H,3-8H2,1-2H3,(H,16,17). The maximum atomic E-state index is 12.6. The summed E-state index contributed by atoms with van der Waals surface area (Å²) in [6.07, 6.45) is 1.97. The van der Waals surface area contributed by atoms with E-state index in [0.717, 1.165) is 12.8 Å². The number of urea groups is 1. The number of nitrogens with zero attached hydrogens (tertiary/aromatic N) is 2. The number of carbonyl (C=O) groups excluding carboxylic acids is 1. The highest BCUT2D eigenvalue weighted by atomic mass is 32.2. The van der Waals surface area contributed by atoms with Crippen LogP contribution >= 0.6 is 0 Å². The summed E-state index contributed by atoms with van der Waals surface area (Å²) in [6.45, 7) is 2.24. The number of hydrogen-bond donors (Lipinski definition) is 1. The second-order valence-electron chi connectivity index (χ2n) is 6.05. The third kappa shape index (κ3) is 3.30. The van der Waals surface area contributed by atoms with Crippen LogP contribution < -0.4 is 0 Å². The molecule has 2 aliphatic heterocycles. The predicted molar refractivity (Wildman–Crippen MR) is 76.7 cm³/mol. The van der Waals surface area contributed by atoms with Gasteiger partial charge in [-0.05, 0) is 25.2 Å². The van der Waals surface area contributed by atoms with Gasteiger partial charge < -0.3 is 14.9 Å². The zero-order valence-corrected chi connectivity index (χ0v) is 13.2. The summed E-state index contributed by atoms with van der Waals surface area (Å²) in [6, 6.07) is -1.56.